The summed E-state index contributed by atoms with van der Waals surface area (Å²) in [5.74, 6) is 0.976. The molecule has 2 fully saturated rings. The van der Waals surface area contributed by atoms with Gasteiger partial charge in [0.25, 0.3) is 0 Å². The van der Waals surface area contributed by atoms with Crippen molar-refractivity contribution in [1.29, 1.82) is 0 Å². The van der Waals surface area contributed by atoms with Crippen molar-refractivity contribution in [2.24, 2.45) is 5.92 Å². The van der Waals surface area contributed by atoms with Crippen LogP contribution < -0.4 is 5.32 Å². The molecular weight excluding hydrogens is 570 g/mol. The Labute approximate surface area is 231 Å². The van der Waals surface area contributed by atoms with Gasteiger partial charge in [-0.15, -0.1) is 0 Å². The Hall–Kier alpha value is -2.60. The van der Waals surface area contributed by atoms with E-state index in [1.54, 1.807) is 28.6 Å². The highest BCUT2D eigenvalue weighted by Crippen LogP contribution is 2.25. The van der Waals surface area contributed by atoms with E-state index in [4.69, 9.17) is 4.52 Å². The zero-order valence-electron chi connectivity index (χ0n) is 21.2. The Balaban J connectivity index is 1.11. The molecule has 0 aliphatic carbocycles. The highest BCUT2D eigenvalue weighted by molar-refractivity contribution is 9.10. The number of piperidine rings is 1. The van der Waals surface area contributed by atoms with Gasteiger partial charge in [0.05, 0.1) is 11.4 Å². The highest BCUT2D eigenvalue weighted by Gasteiger charge is 2.27. The van der Waals surface area contributed by atoms with Crippen molar-refractivity contribution < 1.29 is 17.7 Å². The Bertz CT molecular complexity index is 1330. The SMILES string of the molecule is O=C(Nc1ccc(S(=O)(=O)N2CCCCCC2)cc1)C1CCN(Cc2nc(-c3ccc(Br)cc3)no2)CC1. The van der Waals surface area contributed by atoms with Crippen LogP contribution in [0.2, 0.25) is 0 Å². The Morgan fingerprint density at radius 3 is 2.26 bits per heavy atom. The zero-order chi connectivity index (χ0) is 26.5. The van der Waals surface area contributed by atoms with E-state index in [-0.39, 0.29) is 16.7 Å². The van der Waals surface area contributed by atoms with Crippen molar-refractivity contribution in [3.63, 3.8) is 0 Å². The highest BCUT2D eigenvalue weighted by atomic mass is 79.9. The number of anilines is 1. The van der Waals surface area contributed by atoms with Crippen LogP contribution in [0, 0.1) is 5.92 Å². The normalized spacial score (nSPS) is 18.2. The number of aromatic nitrogens is 2. The minimum absolute atomic E-state index is 0.0388. The molecule has 0 saturated carbocycles. The summed E-state index contributed by atoms with van der Waals surface area (Å²) in [6, 6.07) is 14.3. The molecule has 0 spiro atoms. The number of carbonyl (C=O) groups excluding carboxylic acids is 1. The van der Waals surface area contributed by atoms with Crippen LogP contribution >= 0.6 is 15.9 Å². The van der Waals surface area contributed by atoms with Gasteiger partial charge in [-0.2, -0.15) is 9.29 Å². The first-order chi connectivity index (χ1) is 18.4. The molecule has 1 N–H and O–H groups in total. The van der Waals surface area contributed by atoms with Gasteiger partial charge in [-0.25, -0.2) is 8.42 Å². The van der Waals surface area contributed by atoms with Crippen LogP contribution in [-0.4, -0.2) is 59.8 Å². The molecule has 3 aromatic rings. The van der Waals surface area contributed by atoms with Gasteiger partial charge in [-0.3, -0.25) is 9.69 Å². The molecule has 2 aliphatic rings. The molecule has 3 heterocycles. The number of sulfonamides is 1. The molecule has 2 aromatic carbocycles. The van der Waals surface area contributed by atoms with Crippen molar-refractivity contribution in [3.8, 4) is 11.4 Å². The molecule has 38 heavy (non-hydrogen) atoms. The van der Waals surface area contributed by atoms with Crippen LogP contribution in [0.15, 0.2) is 62.4 Å². The Morgan fingerprint density at radius 2 is 1.61 bits per heavy atom. The lowest BCUT2D eigenvalue weighted by molar-refractivity contribution is -0.121. The fourth-order valence-electron chi connectivity index (χ4n) is 4.97. The number of hydrogen-bond donors (Lipinski definition) is 1. The molecule has 11 heteroatoms. The molecule has 202 valence electrons. The monoisotopic (exact) mass is 601 g/mol. The molecule has 2 saturated heterocycles. The second kappa shape index (κ2) is 12.1. The van der Waals surface area contributed by atoms with E-state index in [2.05, 4.69) is 36.3 Å². The van der Waals surface area contributed by atoms with E-state index in [1.807, 2.05) is 24.3 Å². The maximum Gasteiger partial charge on any atom is 0.243 e. The lowest BCUT2D eigenvalue weighted by Crippen LogP contribution is -2.37. The van der Waals surface area contributed by atoms with Gasteiger partial charge < -0.3 is 9.84 Å². The summed E-state index contributed by atoms with van der Waals surface area (Å²) in [6.45, 7) is 3.18. The quantitative estimate of drug-likeness (QED) is 0.409. The van der Waals surface area contributed by atoms with Gasteiger partial charge in [-0.1, -0.05) is 33.9 Å². The second-order valence-corrected chi connectivity index (χ2v) is 12.8. The first-order valence-electron chi connectivity index (χ1n) is 13.1. The van der Waals surface area contributed by atoms with Gasteiger partial charge in [0.1, 0.15) is 0 Å². The van der Waals surface area contributed by atoms with Gasteiger partial charge in [0.15, 0.2) is 0 Å². The van der Waals surface area contributed by atoms with Crippen molar-refractivity contribution in [1.82, 2.24) is 19.3 Å². The first-order valence-corrected chi connectivity index (χ1v) is 15.3. The fraction of sp³-hybridized carbons (Fsp3) is 0.444. The van der Waals surface area contributed by atoms with E-state index in [1.165, 1.54) is 0 Å². The third-order valence-corrected chi connectivity index (χ3v) is 9.65. The lowest BCUT2D eigenvalue weighted by Gasteiger charge is -2.30. The standard InChI is InChI=1S/C27H32BrN5O4S/c28-22-7-5-20(6-8-22)26-30-25(37-31-26)19-32-17-13-21(14-18-32)27(34)29-23-9-11-24(12-10-23)38(35,36)33-15-3-1-2-4-16-33/h5-12,21H,1-4,13-19H2,(H,29,34). The average molecular weight is 603 g/mol. The minimum Gasteiger partial charge on any atom is -0.338 e. The summed E-state index contributed by atoms with van der Waals surface area (Å²) in [7, 11) is -3.50. The Morgan fingerprint density at radius 1 is 0.947 bits per heavy atom. The van der Waals surface area contributed by atoms with Crippen LogP contribution in [0.4, 0.5) is 5.69 Å². The van der Waals surface area contributed by atoms with E-state index >= 15 is 0 Å². The van der Waals surface area contributed by atoms with Crippen LogP contribution in [0.1, 0.15) is 44.4 Å². The van der Waals surface area contributed by atoms with Crippen LogP contribution in [-0.2, 0) is 21.4 Å². The lowest BCUT2D eigenvalue weighted by atomic mass is 9.96. The Kier molecular flexibility index (Phi) is 8.57. The number of likely N-dealkylation sites (tertiary alicyclic amines) is 1. The first kappa shape index (κ1) is 27.0. The van der Waals surface area contributed by atoms with Gasteiger partial charge >= 0.3 is 0 Å². The predicted octanol–water partition coefficient (Wildman–Crippen LogP) is 4.91. The minimum atomic E-state index is -3.50. The molecule has 0 atom stereocenters. The average Bonchev–Trinajstić information content (AvgIpc) is 3.20. The number of nitrogens with zero attached hydrogens (tertiary/aromatic N) is 4. The van der Waals surface area contributed by atoms with Crippen LogP contribution in [0.3, 0.4) is 0 Å². The predicted molar refractivity (Wildman–Crippen MR) is 148 cm³/mol. The van der Waals surface area contributed by atoms with E-state index in [0.29, 0.717) is 37.0 Å². The fourth-order valence-corrected chi connectivity index (χ4v) is 6.75. The number of halogens is 1. The van der Waals surface area contributed by atoms with Crippen molar-refractivity contribution >= 4 is 37.5 Å². The third-order valence-electron chi connectivity index (χ3n) is 7.21. The maximum atomic E-state index is 13.0. The maximum absolute atomic E-state index is 13.0. The summed E-state index contributed by atoms with van der Waals surface area (Å²) < 4.78 is 34.0. The summed E-state index contributed by atoms with van der Waals surface area (Å²) in [4.78, 5) is 19.9. The number of carbonyl (C=O) groups is 1. The van der Waals surface area contributed by atoms with Gasteiger partial charge in [0.2, 0.25) is 27.6 Å². The molecule has 9 nitrogen and oxygen atoms in total. The van der Waals surface area contributed by atoms with Gasteiger partial charge in [0, 0.05) is 34.7 Å². The van der Waals surface area contributed by atoms with Crippen molar-refractivity contribution in [2.75, 3.05) is 31.5 Å². The summed E-state index contributed by atoms with van der Waals surface area (Å²) in [5.41, 5.74) is 1.50. The molecule has 5 rings (SSSR count). The molecule has 2 aliphatic heterocycles. The summed E-state index contributed by atoms with van der Waals surface area (Å²) in [5, 5.41) is 7.05. The number of benzene rings is 2. The number of nitrogens with one attached hydrogen (secondary N) is 1. The molecule has 0 unspecified atom stereocenters. The number of rotatable bonds is 7. The van der Waals surface area contributed by atoms with Crippen LogP contribution in [0.5, 0.6) is 0 Å². The third kappa shape index (κ3) is 6.51. The second-order valence-electron chi connectivity index (χ2n) is 9.90. The summed E-state index contributed by atoms with van der Waals surface area (Å²) >= 11 is 3.43. The largest absolute Gasteiger partial charge is 0.338 e. The van der Waals surface area contributed by atoms with E-state index in [0.717, 1.165) is 61.7 Å². The van der Waals surface area contributed by atoms with Crippen molar-refractivity contribution in [2.45, 2.75) is 50.0 Å². The van der Waals surface area contributed by atoms with Crippen LogP contribution in [0.25, 0.3) is 11.4 Å². The molecule has 1 amide bonds. The topological polar surface area (TPSA) is 109 Å². The molecule has 0 bridgehead atoms. The molecular formula is C27H32BrN5O4S. The zero-order valence-corrected chi connectivity index (χ0v) is 23.6. The smallest absolute Gasteiger partial charge is 0.243 e. The van der Waals surface area contributed by atoms with Gasteiger partial charge in [-0.05, 0) is 87.3 Å². The van der Waals surface area contributed by atoms with Crippen molar-refractivity contribution in [3.05, 3.63) is 58.9 Å². The number of hydrogen-bond acceptors (Lipinski definition) is 7. The van der Waals surface area contributed by atoms with E-state index in [9.17, 15) is 13.2 Å². The number of amides is 1. The molecule has 1 aromatic heterocycles. The summed E-state index contributed by atoms with van der Waals surface area (Å²) in [6.07, 6.45) is 5.38. The molecule has 0 radical (unpaired) electrons. The van der Waals surface area contributed by atoms with E-state index < -0.39 is 10.0 Å².